The number of amides is 1. The van der Waals surface area contributed by atoms with Crippen molar-refractivity contribution in [3.05, 3.63) is 0 Å². The summed E-state index contributed by atoms with van der Waals surface area (Å²) in [7, 11) is 1.70. The van der Waals surface area contributed by atoms with Gasteiger partial charge in [-0.3, -0.25) is 4.79 Å². The molecule has 0 atom stereocenters. The first-order valence-corrected chi connectivity index (χ1v) is 8.11. The van der Waals surface area contributed by atoms with Gasteiger partial charge >= 0.3 is 0 Å². The van der Waals surface area contributed by atoms with Crippen molar-refractivity contribution >= 4 is 30.1 Å². The summed E-state index contributed by atoms with van der Waals surface area (Å²) in [5.74, 6) is 1.35. The van der Waals surface area contributed by atoms with Crippen molar-refractivity contribution in [1.29, 1.82) is 0 Å². The van der Waals surface area contributed by atoms with Crippen LogP contribution in [0, 0.1) is 5.41 Å². The van der Waals surface area contributed by atoms with Crippen molar-refractivity contribution < 1.29 is 9.53 Å². The van der Waals surface area contributed by atoms with Gasteiger partial charge in [-0.15, -0.1) is 12.4 Å². The molecular weight excluding hydrogens is 296 g/mol. The van der Waals surface area contributed by atoms with Crippen LogP contribution in [0.4, 0.5) is 0 Å². The number of piperidine rings is 1. The molecule has 2 aliphatic rings. The summed E-state index contributed by atoms with van der Waals surface area (Å²) in [4.78, 5) is 15.0. The predicted molar refractivity (Wildman–Crippen MR) is 86.8 cm³/mol. The first-order chi connectivity index (χ1) is 8.99. The van der Waals surface area contributed by atoms with Crippen LogP contribution in [0.3, 0.4) is 0 Å². The highest BCUT2D eigenvalue weighted by molar-refractivity contribution is 8.00. The van der Waals surface area contributed by atoms with E-state index in [4.69, 9.17) is 4.74 Å². The number of carbonyl (C=O) groups excluding carboxylic acids is 1. The first kappa shape index (κ1) is 18.1. The van der Waals surface area contributed by atoms with E-state index in [-0.39, 0.29) is 22.6 Å². The van der Waals surface area contributed by atoms with E-state index in [1.54, 1.807) is 7.11 Å². The number of ether oxygens (including phenoxy) is 1. The minimum absolute atomic E-state index is 0. The lowest BCUT2D eigenvalue weighted by Crippen LogP contribution is -2.55. The summed E-state index contributed by atoms with van der Waals surface area (Å²) < 4.78 is 5.54. The van der Waals surface area contributed by atoms with E-state index < -0.39 is 0 Å². The Labute approximate surface area is 132 Å². The van der Waals surface area contributed by atoms with Crippen LogP contribution >= 0.6 is 24.2 Å². The van der Waals surface area contributed by atoms with Crippen molar-refractivity contribution in [2.45, 2.75) is 31.4 Å². The fourth-order valence-electron chi connectivity index (χ4n) is 3.13. The highest BCUT2D eigenvalue weighted by atomic mass is 35.5. The van der Waals surface area contributed by atoms with E-state index in [0.29, 0.717) is 12.5 Å². The van der Waals surface area contributed by atoms with Crippen LogP contribution in [-0.2, 0) is 9.53 Å². The van der Waals surface area contributed by atoms with Gasteiger partial charge in [-0.25, -0.2) is 0 Å². The van der Waals surface area contributed by atoms with Gasteiger partial charge in [0, 0.05) is 30.7 Å². The normalized spacial score (nSPS) is 24.9. The molecule has 6 heteroatoms. The Hall–Kier alpha value is 0.0300. The largest absolute Gasteiger partial charge is 0.384 e. The van der Waals surface area contributed by atoms with Crippen molar-refractivity contribution in [2.24, 2.45) is 5.41 Å². The maximum Gasteiger partial charge on any atom is 0.231 e. The molecule has 118 valence electrons. The Balaban J connectivity index is 0.00000200. The highest BCUT2D eigenvalue weighted by Crippen LogP contribution is 2.36. The van der Waals surface area contributed by atoms with Gasteiger partial charge in [0.15, 0.2) is 0 Å². The number of rotatable bonds is 3. The van der Waals surface area contributed by atoms with Crippen molar-refractivity contribution in [2.75, 3.05) is 45.6 Å². The topological polar surface area (TPSA) is 41.6 Å². The maximum absolute atomic E-state index is 13.0. The number of hydrogen-bond acceptors (Lipinski definition) is 4. The van der Waals surface area contributed by atoms with Gasteiger partial charge in [0.2, 0.25) is 5.91 Å². The van der Waals surface area contributed by atoms with E-state index in [1.165, 1.54) is 0 Å². The van der Waals surface area contributed by atoms with Gasteiger partial charge in [-0.1, -0.05) is 0 Å². The van der Waals surface area contributed by atoms with Crippen LogP contribution in [-0.4, -0.2) is 61.2 Å². The second kappa shape index (κ2) is 7.34. The smallest absolute Gasteiger partial charge is 0.231 e. The quantitative estimate of drug-likeness (QED) is 0.860. The zero-order valence-electron chi connectivity index (χ0n) is 12.7. The number of thioether (sulfide) groups is 1. The first-order valence-electron chi connectivity index (χ1n) is 7.12. The molecule has 0 aromatic heterocycles. The molecule has 1 amide bonds. The molecule has 2 aliphatic heterocycles. The van der Waals surface area contributed by atoms with Gasteiger partial charge in [0.05, 0.1) is 12.0 Å². The molecule has 0 unspecified atom stereocenters. The molecular formula is C14H27ClN2O2S. The second-order valence-electron chi connectivity index (χ2n) is 6.30. The highest BCUT2D eigenvalue weighted by Gasteiger charge is 2.44. The van der Waals surface area contributed by atoms with Crippen LogP contribution in [0.15, 0.2) is 0 Å². The van der Waals surface area contributed by atoms with Gasteiger partial charge < -0.3 is 15.0 Å². The molecule has 0 aromatic carbocycles. The number of halogens is 1. The molecule has 0 spiro atoms. The summed E-state index contributed by atoms with van der Waals surface area (Å²) >= 11 is 1.96. The van der Waals surface area contributed by atoms with Crippen molar-refractivity contribution in [1.82, 2.24) is 10.2 Å². The maximum atomic E-state index is 13.0. The van der Waals surface area contributed by atoms with E-state index in [9.17, 15) is 4.79 Å². The minimum Gasteiger partial charge on any atom is -0.384 e. The van der Waals surface area contributed by atoms with Crippen molar-refractivity contribution in [3.63, 3.8) is 0 Å². The Morgan fingerprint density at radius 3 is 2.55 bits per heavy atom. The minimum atomic E-state index is -0.294. The lowest BCUT2D eigenvalue weighted by Gasteiger charge is -2.44. The Morgan fingerprint density at radius 1 is 1.35 bits per heavy atom. The van der Waals surface area contributed by atoms with Gasteiger partial charge in [0.1, 0.15) is 0 Å². The van der Waals surface area contributed by atoms with Gasteiger partial charge in [0.25, 0.3) is 0 Å². The van der Waals surface area contributed by atoms with Crippen LogP contribution < -0.4 is 5.32 Å². The SMILES string of the molecule is COCC1(C(=O)N2CCSC(C)(C)C2)CCNCC1.Cl. The molecule has 4 nitrogen and oxygen atoms in total. The zero-order valence-corrected chi connectivity index (χ0v) is 14.4. The standard InChI is InChI=1S/C14H26N2O2S.ClH/c1-13(2)10-16(8-9-19-13)12(17)14(11-18-3)4-6-15-7-5-14;/h15H,4-11H2,1-3H3;1H. The third-order valence-electron chi connectivity index (χ3n) is 4.15. The summed E-state index contributed by atoms with van der Waals surface area (Å²) in [6.45, 7) is 8.58. The molecule has 0 bridgehead atoms. The van der Waals surface area contributed by atoms with E-state index >= 15 is 0 Å². The second-order valence-corrected chi connectivity index (χ2v) is 8.10. The monoisotopic (exact) mass is 322 g/mol. The number of carbonyl (C=O) groups is 1. The third-order valence-corrected chi connectivity index (χ3v) is 5.45. The number of nitrogens with zero attached hydrogens (tertiary/aromatic N) is 1. The molecule has 0 radical (unpaired) electrons. The molecule has 2 saturated heterocycles. The van der Waals surface area contributed by atoms with E-state index in [2.05, 4.69) is 24.1 Å². The summed E-state index contributed by atoms with van der Waals surface area (Å²) in [5, 5.41) is 3.34. The average Bonchev–Trinajstić information content (AvgIpc) is 2.38. The van der Waals surface area contributed by atoms with Gasteiger partial charge in [-0.05, 0) is 39.8 Å². The number of nitrogens with one attached hydrogen (secondary N) is 1. The van der Waals surface area contributed by atoms with E-state index in [0.717, 1.165) is 44.8 Å². The fourth-order valence-corrected chi connectivity index (χ4v) is 4.24. The molecule has 1 N–H and O–H groups in total. The third kappa shape index (κ3) is 4.03. The molecule has 0 aliphatic carbocycles. The summed E-state index contributed by atoms with van der Waals surface area (Å²) in [6.07, 6.45) is 1.79. The van der Waals surface area contributed by atoms with Crippen molar-refractivity contribution in [3.8, 4) is 0 Å². The number of hydrogen-bond donors (Lipinski definition) is 1. The molecule has 2 rings (SSSR count). The average molecular weight is 323 g/mol. The Morgan fingerprint density at radius 2 is 2.00 bits per heavy atom. The summed E-state index contributed by atoms with van der Waals surface area (Å²) in [6, 6.07) is 0. The molecule has 0 saturated carbocycles. The van der Waals surface area contributed by atoms with E-state index in [1.807, 2.05) is 11.8 Å². The fraction of sp³-hybridized carbons (Fsp3) is 0.929. The number of methoxy groups -OCH3 is 1. The van der Waals surface area contributed by atoms with Crippen LogP contribution in [0.5, 0.6) is 0 Å². The Kier molecular flexibility index (Phi) is 6.64. The molecule has 2 fully saturated rings. The summed E-state index contributed by atoms with van der Waals surface area (Å²) in [5.41, 5.74) is -0.294. The molecule has 2 heterocycles. The molecule has 0 aromatic rings. The molecule has 20 heavy (non-hydrogen) atoms. The zero-order chi connectivity index (χ0) is 13.9. The van der Waals surface area contributed by atoms with Gasteiger partial charge in [-0.2, -0.15) is 11.8 Å². The van der Waals surface area contributed by atoms with Crippen LogP contribution in [0.1, 0.15) is 26.7 Å². The lowest BCUT2D eigenvalue weighted by molar-refractivity contribution is -0.147. The van der Waals surface area contributed by atoms with Crippen LogP contribution in [0.25, 0.3) is 0 Å². The Bertz CT molecular complexity index is 328. The van der Waals surface area contributed by atoms with Crippen LogP contribution in [0.2, 0.25) is 0 Å². The lowest BCUT2D eigenvalue weighted by atomic mass is 9.78. The predicted octanol–water partition coefficient (Wildman–Crippen LogP) is 1.78.